The van der Waals surface area contributed by atoms with Crippen LogP contribution in [0.5, 0.6) is 0 Å². The van der Waals surface area contributed by atoms with E-state index in [4.69, 9.17) is 5.84 Å². The molecule has 0 atom stereocenters. The van der Waals surface area contributed by atoms with E-state index in [1.807, 2.05) is 0 Å². The maximum atomic E-state index is 13.6. The monoisotopic (exact) mass is 359 g/mol. The number of anilines is 2. The highest BCUT2D eigenvalue weighted by molar-refractivity contribution is 9.10. The van der Waals surface area contributed by atoms with Crippen molar-refractivity contribution in [2.45, 2.75) is 4.90 Å². The Morgan fingerprint density at radius 3 is 2.50 bits per heavy atom. The van der Waals surface area contributed by atoms with Crippen LogP contribution < -0.4 is 16.0 Å². The van der Waals surface area contributed by atoms with Crippen LogP contribution >= 0.6 is 15.9 Å². The zero-order chi connectivity index (χ0) is 14.8. The highest BCUT2D eigenvalue weighted by Crippen LogP contribution is 2.26. The summed E-state index contributed by atoms with van der Waals surface area (Å²) in [5.74, 6) is 4.60. The number of nitrogens with two attached hydrogens (primary N) is 1. The van der Waals surface area contributed by atoms with Crippen molar-refractivity contribution in [2.75, 3.05) is 10.1 Å². The Kier molecular flexibility index (Phi) is 4.26. The minimum absolute atomic E-state index is 0.0677. The third kappa shape index (κ3) is 3.09. The van der Waals surface area contributed by atoms with Gasteiger partial charge in [0.1, 0.15) is 10.7 Å². The Balaban J connectivity index is 2.43. The van der Waals surface area contributed by atoms with Gasteiger partial charge in [-0.15, -0.1) is 0 Å². The lowest BCUT2D eigenvalue weighted by molar-refractivity contribution is 0.598. The molecule has 106 valence electrons. The van der Waals surface area contributed by atoms with Gasteiger partial charge in [-0.2, -0.15) is 0 Å². The van der Waals surface area contributed by atoms with Crippen molar-refractivity contribution in [3.05, 3.63) is 52.8 Å². The second kappa shape index (κ2) is 5.78. The first-order valence-corrected chi connectivity index (χ1v) is 7.75. The van der Waals surface area contributed by atoms with Gasteiger partial charge in [0.15, 0.2) is 0 Å². The molecule has 0 amide bonds. The van der Waals surface area contributed by atoms with E-state index < -0.39 is 15.8 Å². The highest BCUT2D eigenvalue weighted by atomic mass is 79.9. The van der Waals surface area contributed by atoms with Crippen LogP contribution in [0.3, 0.4) is 0 Å². The first kappa shape index (κ1) is 14.8. The lowest BCUT2D eigenvalue weighted by Gasteiger charge is -2.12. The zero-order valence-electron chi connectivity index (χ0n) is 10.1. The number of hydrogen-bond donors (Lipinski definition) is 3. The fraction of sp³-hybridized carbons (Fsp3) is 0. The predicted octanol–water partition coefficient (Wildman–Crippen LogP) is 2.67. The molecule has 4 N–H and O–H groups in total. The fourth-order valence-electron chi connectivity index (χ4n) is 1.60. The summed E-state index contributed by atoms with van der Waals surface area (Å²) in [6.45, 7) is 0. The highest BCUT2D eigenvalue weighted by Gasteiger charge is 2.19. The summed E-state index contributed by atoms with van der Waals surface area (Å²) in [6.07, 6.45) is 0. The maximum Gasteiger partial charge on any atom is 0.264 e. The molecule has 5 nitrogen and oxygen atoms in total. The Labute approximate surface area is 124 Å². The van der Waals surface area contributed by atoms with E-state index >= 15 is 0 Å². The summed E-state index contributed by atoms with van der Waals surface area (Å²) in [5, 5.41) is 0. The molecule has 0 saturated heterocycles. The average molecular weight is 360 g/mol. The second-order valence-electron chi connectivity index (χ2n) is 3.87. The molecule has 0 aliphatic heterocycles. The van der Waals surface area contributed by atoms with E-state index in [1.54, 1.807) is 12.1 Å². The molecule has 0 unspecified atom stereocenters. The summed E-state index contributed by atoms with van der Waals surface area (Å²) in [4.78, 5) is -0.0677. The van der Waals surface area contributed by atoms with Gasteiger partial charge in [0.25, 0.3) is 10.0 Å². The van der Waals surface area contributed by atoms with Gasteiger partial charge in [-0.1, -0.05) is 28.1 Å². The number of benzene rings is 2. The molecule has 0 aromatic heterocycles. The smallest absolute Gasteiger partial charge is 0.264 e. The van der Waals surface area contributed by atoms with Crippen molar-refractivity contribution in [3.8, 4) is 0 Å². The number of hydrogen-bond acceptors (Lipinski definition) is 4. The topological polar surface area (TPSA) is 84.2 Å². The van der Waals surface area contributed by atoms with Crippen LogP contribution in [-0.4, -0.2) is 8.42 Å². The van der Waals surface area contributed by atoms with Gasteiger partial charge in [0.2, 0.25) is 0 Å². The molecule has 0 radical (unpaired) electrons. The first-order valence-electron chi connectivity index (χ1n) is 5.47. The number of rotatable bonds is 4. The van der Waals surface area contributed by atoms with Crippen molar-refractivity contribution in [3.63, 3.8) is 0 Å². The standard InChI is InChI=1S/C12H11BrFN3O2S/c13-8-5-6-9(14)11(7-8)17-20(18,19)12-4-2-1-3-10(12)16-15/h1-7,16-17H,15H2. The van der Waals surface area contributed by atoms with Crippen LogP contribution in [-0.2, 0) is 10.0 Å². The quantitative estimate of drug-likeness (QED) is 0.578. The largest absolute Gasteiger partial charge is 0.323 e. The fourth-order valence-corrected chi connectivity index (χ4v) is 3.19. The number of halogens is 2. The molecule has 0 saturated carbocycles. The van der Waals surface area contributed by atoms with Gasteiger partial charge in [-0.3, -0.25) is 10.6 Å². The first-order chi connectivity index (χ1) is 9.44. The van der Waals surface area contributed by atoms with Crippen LogP contribution in [0.4, 0.5) is 15.8 Å². The maximum absolute atomic E-state index is 13.6. The molecule has 8 heteroatoms. The van der Waals surface area contributed by atoms with Crippen molar-refractivity contribution in [1.82, 2.24) is 0 Å². The number of nitrogens with one attached hydrogen (secondary N) is 2. The van der Waals surface area contributed by atoms with Gasteiger partial charge in [-0.25, -0.2) is 12.8 Å². The SMILES string of the molecule is NNc1ccccc1S(=O)(=O)Nc1cc(Br)ccc1F. The second-order valence-corrected chi connectivity index (χ2v) is 6.44. The van der Waals surface area contributed by atoms with E-state index in [0.717, 1.165) is 6.07 Å². The molecule has 0 spiro atoms. The van der Waals surface area contributed by atoms with Crippen molar-refractivity contribution in [2.24, 2.45) is 5.84 Å². The van der Waals surface area contributed by atoms with Crippen LogP contribution in [0.15, 0.2) is 51.8 Å². The normalized spacial score (nSPS) is 11.2. The Morgan fingerprint density at radius 1 is 1.10 bits per heavy atom. The van der Waals surface area contributed by atoms with Crippen LogP contribution in [0.2, 0.25) is 0 Å². The van der Waals surface area contributed by atoms with E-state index in [-0.39, 0.29) is 16.3 Å². The van der Waals surface area contributed by atoms with Crippen LogP contribution in [0.1, 0.15) is 0 Å². The third-order valence-electron chi connectivity index (χ3n) is 2.50. The molecular formula is C12H11BrFN3O2S. The molecule has 2 aromatic rings. The molecule has 0 heterocycles. The van der Waals surface area contributed by atoms with Crippen LogP contribution in [0, 0.1) is 5.82 Å². The Hall–Kier alpha value is -1.64. The predicted molar refractivity (Wildman–Crippen MR) is 79.2 cm³/mol. The van der Waals surface area contributed by atoms with Crippen molar-refractivity contribution in [1.29, 1.82) is 0 Å². The van der Waals surface area contributed by atoms with E-state index in [1.165, 1.54) is 24.3 Å². The van der Waals surface area contributed by atoms with E-state index in [2.05, 4.69) is 26.1 Å². The van der Waals surface area contributed by atoms with E-state index in [9.17, 15) is 12.8 Å². The zero-order valence-corrected chi connectivity index (χ0v) is 12.5. The van der Waals surface area contributed by atoms with Gasteiger partial charge in [-0.05, 0) is 30.3 Å². The molecular weight excluding hydrogens is 349 g/mol. The number of nitrogen functional groups attached to an aromatic ring is 1. The lowest BCUT2D eigenvalue weighted by Crippen LogP contribution is -2.18. The molecule has 0 bridgehead atoms. The van der Waals surface area contributed by atoms with Crippen molar-refractivity contribution >= 4 is 37.3 Å². The number of sulfonamides is 1. The molecule has 0 fully saturated rings. The van der Waals surface area contributed by atoms with Crippen molar-refractivity contribution < 1.29 is 12.8 Å². The minimum Gasteiger partial charge on any atom is -0.323 e. The van der Waals surface area contributed by atoms with E-state index in [0.29, 0.717) is 4.47 Å². The number of hydrazine groups is 1. The lowest BCUT2D eigenvalue weighted by atomic mass is 10.3. The summed E-state index contributed by atoms with van der Waals surface area (Å²) >= 11 is 3.15. The third-order valence-corrected chi connectivity index (χ3v) is 4.42. The van der Waals surface area contributed by atoms with Gasteiger partial charge in [0, 0.05) is 4.47 Å². The molecule has 0 aliphatic carbocycles. The Bertz CT molecular complexity index is 737. The molecule has 2 aromatic carbocycles. The molecule has 20 heavy (non-hydrogen) atoms. The summed E-state index contributed by atoms with van der Waals surface area (Å²) in [5.41, 5.74) is 2.36. The summed E-state index contributed by atoms with van der Waals surface area (Å²) < 4.78 is 40.9. The summed E-state index contributed by atoms with van der Waals surface area (Å²) in [7, 11) is -3.95. The van der Waals surface area contributed by atoms with Gasteiger partial charge in [0.05, 0.1) is 11.4 Å². The van der Waals surface area contributed by atoms with Gasteiger partial charge < -0.3 is 5.43 Å². The van der Waals surface area contributed by atoms with Crippen LogP contribution in [0.25, 0.3) is 0 Å². The van der Waals surface area contributed by atoms with Gasteiger partial charge >= 0.3 is 0 Å². The molecule has 2 rings (SSSR count). The molecule has 0 aliphatic rings. The average Bonchev–Trinajstić information content (AvgIpc) is 2.42. The number of para-hydroxylation sites is 1. The Morgan fingerprint density at radius 2 is 1.80 bits per heavy atom. The minimum atomic E-state index is -3.95. The summed E-state index contributed by atoms with van der Waals surface area (Å²) in [6, 6.07) is 10.0.